The number of rotatable bonds is 3. The molecule has 1 amide bonds. The summed E-state index contributed by atoms with van der Waals surface area (Å²) in [5, 5.41) is 2.33. The summed E-state index contributed by atoms with van der Waals surface area (Å²) in [5.74, 6) is 2.48. The predicted octanol–water partition coefficient (Wildman–Crippen LogP) is 4.26. The molecule has 2 aliphatic rings. The van der Waals surface area contributed by atoms with Gasteiger partial charge in [-0.05, 0) is 47.6 Å². The van der Waals surface area contributed by atoms with Crippen molar-refractivity contribution in [2.24, 2.45) is 11.8 Å². The molecule has 2 unspecified atom stereocenters. The van der Waals surface area contributed by atoms with Crippen molar-refractivity contribution in [3.8, 4) is 5.75 Å². The molecule has 2 fully saturated rings. The van der Waals surface area contributed by atoms with Crippen LogP contribution in [0, 0.1) is 11.8 Å². The van der Waals surface area contributed by atoms with Gasteiger partial charge in [0.25, 0.3) is 5.91 Å². The van der Waals surface area contributed by atoms with E-state index in [1.54, 1.807) is 0 Å². The number of amides is 1. The van der Waals surface area contributed by atoms with Gasteiger partial charge in [-0.1, -0.05) is 49.6 Å². The summed E-state index contributed by atoms with van der Waals surface area (Å²) in [6, 6.07) is 14.2. The van der Waals surface area contributed by atoms with Gasteiger partial charge in [-0.2, -0.15) is 0 Å². The van der Waals surface area contributed by atoms with Crippen molar-refractivity contribution >= 4 is 16.7 Å². The average molecular weight is 323 g/mol. The van der Waals surface area contributed by atoms with Gasteiger partial charge >= 0.3 is 0 Å². The van der Waals surface area contributed by atoms with E-state index >= 15 is 0 Å². The van der Waals surface area contributed by atoms with Gasteiger partial charge in [0.15, 0.2) is 6.61 Å². The topological polar surface area (TPSA) is 29.5 Å². The third kappa shape index (κ3) is 3.26. The van der Waals surface area contributed by atoms with Crippen LogP contribution in [0.3, 0.4) is 0 Å². The maximum Gasteiger partial charge on any atom is 0.260 e. The average Bonchev–Trinajstić information content (AvgIpc) is 2.65. The third-order valence-corrected chi connectivity index (χ3v) is 5.73. The Morgan fingerprint density at radius 2 is 1.79 bits per heavy atom. The molecule has 1 aliphatic carbocycles. The molecule has 4 rings (SSSR count). The Balaban J connectivity index is 1.35. The lowest BCUT2D eigenvalue weighted by atomic mass is 9.75. The van der Waals surface area contributed by atoms with E-state index in [-0.39, 0.29) is 12.5 Å². The maximum atomic E-state index is 12.5. The molecule has 1 aliphatic heterocycles. The maximum absolute atomic E-state index is 12.5. The van der Waals surface area contributed by atoms with Crippen LogP contribution in [-0.2, 0) is 4.79 Å². The fourth-order valence-electron chi connectivity index (χ4n) is 4.32. The minimum atomic E-state index is 0.132. The highest BCUT2D eigenvalue weighted by Crippen LogP contribution is 2.36. The van der Waals surface area contributed by atoms with E-state index in [9.17, 15) is 4.79 Å². The molecule has 0 bridgehead atoms. The zero-order valence-electron chi connectivity index (χ0n) is 14.1. The molecule has 1 saturated heterocycles. The Hall–Kier alpha value is -2.03. The quantitative estimate of drug-likeness (QED) is 0.845. The van der Waals surface area contributed by atoms with Crippen LogP contribution < -0.4 is 4.74 Å². The van der Waals surface area contributed by atoms with E-state index in [0.717, 1.165) is 36.1 Å². The van der Waals surface area contributed by atoms with Crippen molar-refractivity contribution in [2.45, 2.75) is 32.1 Å². The van der Waals surface area contributed by atoms with Gasteiger partial charge < -0.3 is 9.64 Å². The van der Waals surface area contributed by atoms with Gasteiger partial charge in [-0.25, -0.2) is 0 Å². The van der Waals surface area contributed by atoms with Gasteiger partial charge in [0.05, 0.1) is 0 Å². The number of carbonyl (C=O) groups excluding carboxylic acids is 1. The number of fused-ring (bicyclic) bond motifs is 2. The van der Waals surface area contributed by atoms with Gasteiger partial charge in [0, 0.05) is 13.1 Å². The lowest BCUT2D eigenvalue weighted by molar-refractivity contribution is -0.136. The van der Waals surface area contributed by atoms with Crippen molar-refractivity contribution < 1.29 is 9.53 Å². The Kier molecular flexibility index (Phi) is 4.42. The van der Waals surface area contributed by atoms with Gasteiger partial charge in [0.2, 0.25) is 0 Å². The highest BCUT2D eigenvalue weighted by molar-refractivity contribution is 5.84. The van der Waals surface area contributed by atoms with Crippen molar-refractivity contribution in [3.05, 3.63) is 42.5 Å². The van der Waals surface area contributed by atoms with Crippen LogP contribution in [0.2, 0.25) is 0 Å². The van der Waals surface area contributed by atoms with Crippen molar-refractivity contribution in [2.75, 3.05) is 19.7 Å². The van der Waals surface area contributed by atoms with Crippen LogP contribution in [0.25, 0.3) is 10.8 Å². The molecule has 126 valence electrons. The number of ether oxygens (including phenoxy) is 1. The minimum Gasteiger partial charge on any atom is -0.484 e. The number of carbonyl (C=O) groups is 1. The number of hydrogen-bond donors (Lipinski definition) is 0. The fraction of sp³-hybridized carbons (Fsp3) is 0.476. The highest BCUT2D eigenvalue weighted by Gasteiger charge is 2.32. The van der Waals surface area contributed by atoms with Crippen LogP contribution in [0.4, 0.5) is 0 Å². The molecular formula is C21H25NO2. The second-order valence-corrected chi connectivity index (χ2v) is 7.23. The van der Waals surface area contributed by atoms with Crippen LogP contribution in [0.1, 0.15) is 32.1 Å². The van der Waals surface area contributed by atoms with E-state index in [1.165, 1.54) is 37.5 Å². The number of nitrogens with zero attached hydrogens (tertiary/aromatic N) is 1. The zero-order chi connectivity index (χ0) is 16.4. The summed E-state index contributed by atoms with van der Waals surface area (Å²) in [6.07, 6.45) is 6.53. The molecule has 3 heteroatoms. The Morgan fingerprint density at radius 1 is 1.00 bits per heavy atom. The van der Waals surface area contributed by atoms with E-state index in [4.69, 9.17) is 4.74 Å². The van der Waals surface area contributed by atoms with Crippen molar-refractivity contribution in [3.63, 3.8) is 0 Å². The SMILES string of the molecule is O=C(COc1ccc2ccccc2c1)N1CCC2CCCCC2C1. The van der Waals surface area contributed by atoms with Gasteiger partial charge in [0.1, 0.15) is 5.75 Å². The van der Waals surface area contributed by atoms with E-state index < -0.39 is 0 Å². The predicted molar refractivity (Wildman–Crippen MR) is 96.1 cm³/mol. The molecule has 2 atom stereocenters. The molecule has 3 nitrogen and oxygen atoms in total. The number of benzene rings is 2. The first-order valence-electron chi connectivity index (χ1n) is 9.19. The largest absolute Gasteiger partial charge is 0.484 e. The Bertz CT molecular complexity index is 727. The molecule has 1 heterocycles. The standard InChI is InChI=1S/C21H25NO2/c23-21(22-12-11-17-6-2-4-8-19(17)14-22)15-24-20-10-9-16-5-1-3-7-18(16)13-20/h1,3,5,7,9-10,13,17,19H,2,4,6,8,11-12,14-15H2. The summed E-state index contributed by atoms with van der Waals surface area (Å²) in [7, 11) is 0. The summed E-state index contributed by atoms with van der Waals surface area (Å²) < 4.78 is 5.77. The number of piperidine rings is 1. The lowest BCUT2D eigenvalue weighted by Crippen LogP contribution is -2.46. The van der Waals surface area contributed by atoms with Crippen LogP contribution in [-0.4, -0.2) is 30.5 Å². The Labute approximate surface area is 143 Å². The summed E-state index contributed by atoms with van der Waals surface area (Å²) in [4.78, 5) is 14.5. The molecule has 0 radical (unpaired) electrons. The Morgan fingerprint density at radius 3 is 2.67 bits per heavy atom. The van der Waals surface area contributed by atoms with Crippen molar-refractivity contribution in [1.82, 2.24) is 4.90 Å². The minimum absolute atomic E-state index is 0.132. The van der Waals surface area contributed by atoms with Crippen LogP contribution in [0.5, 0.6) is 5.75 Å². The van der Waals surface area contributed by atoms with Crippen molar-refractivity contribution in [1.29, 1.82) is 0 Å². The zero-order valence-corrected chi connectivity index (χ0v) is 14.1. The molecule has 1 saturated carbocycles. The number of hydrogen-bond acceptors (Lipinski definition) is 2. The summed E-state index contributed by atoms with van der Waals surface area (Å²) in [5.41, 5.74) is 0. The fourth-order valence-corrected chi connectivity index (χ4v) is 4.32. The van der Waals surface area contributed by atoms with E-state index in [1.807, 2.05) is 35.2 Å². The molecule has 0 N–H and O–H groups in total. The smallest absolute Gasteiger partial charge is 0.260 e. The summed E-state index contributed by atoms with van der Waals surface area (Å²) >= 11 is 0. The second kappa shape index (κ2) is 6.84. The molecular weight excluding hydrogens is 298 g/mol. The molecule has 0 aromatic heterocycles. The normalized spacial score (nSPS) is 23.8. The molecule has 2 aromatic carbocycles. The van der Waals surface area contributed by atoms with E-state index in [2.05, 4.69) is 12.1 Å². The lowest BCUT2D eigenvalue weighted by Gasteiger charge is -2.41. The third-order valence-electron chi connectivity index (χ3n) is 5.73. The second-order valence-electron chi connectivity index (χ2n) is 7.23. The first-order chi connectivity index (χ1) is 11.8. The first kappa shape index (κ1) is 15.5. The summed E-state index contributed by atoms with van der Waals surface area (Å²) in [6.45, 7) is 1.99. The van der Waals surface area contributed by atoms with Gasteiger partial charge in [-0.3, -0.25) is 4.79 Å². The molecule has 2 aromatic rings. The number of likely N-dealkylation sites (tertiary alicyclic amines) is 1. The molecule has 0 spiro atoms. The monoisotopic (exact) mass is 323 g/mol. The first-order valence-corrected chi connectivity index (χ1v) is 9.19. The van der Waals surface area contributed by atoms with Crippen LogP contribution in [0.15, 0.2) is 42.5 Å². The van der Waals surface area contributed by atoms with Gasteiger partial charge in [-0.15, -0.1) is 0 Å². The molecule has 24 heavy (non-hydrogen) atoms. The highest BCUT2D eigenvalue weighted by atomic mass is 16.5. The van der Waals surface area contributed by atoms with Crippen LogP contribution >= 0.6 is 0 Å². The van der Waals surface area contributed by atoms with E-state index in [0.29, 0.717) is 0 Å².